The number of morpholine rings is 1. The molecule has 0 radical (unpaired) electrons. The van der Waals surface area contributed by atoms with Crippen LogP contribution in [0.3, 0.4) is 0 Å². The molecule has 1 unspecified atom stereocenters. The third kappa shape index (κ3) is 12.3. The van der Waals surface area contributed by atoms with E-state index in [2.05, 4.69) is 73.5 Å². The number of nitrogens with one attached hydrogen (secondary N) is 2. The number of carbonyl (C=O) groups is 2. The number of hydrogen-bond acceptors (Lipinski definition) is 14. The van der Waals surface area contributed by atoms with Crippen molar-refractivity contribution < 1.29 is 39.3 Å². The highest BCUT2D eigenvalue weighted by molar-refractivity contribution is 5.92. The van der Waals surface area contributed by atoms with E-state index < -0.39 is 12.1 Å². The number of benzene rings is 4. The van der Waals surface area contributed by atoms with Crippen molar-refractivity contribution in [1.29, 1.82) is 0 Å². The number of phenolic OH excluding ortho intramolecular Hbond substituents is 4. The lowest BCUT2D eigenvalue weighted by Gasteiger charge is -2.32. The molecule has 1 atom stereocenters. The minimum Gasteiger partial charge on any atom is -0.508 e. The van der Waals surface area contributed by atoms with Crippen LogP contribution in [0.4, 0.5) is 0 Å². The summed E-state index contributed by atoms with van der Waals surface area (Å²) in [4.78, 5) is 37.6. The zero-order valence-corrected chi connectivity index (χ0v) is 44.8. The smallest absolute Gasteiger partial charge is 0.334 e. The van der Waals surface area contributed by atoms with E-state index >= 15 is 0 Å². The molecular weight excluding hydrogens is 953 g/mol. The van der Waals surface area contributed by atoms with Crippen molar-refractivity contribution in [3.63, 3.8) is 0 Å². The van der Waals surface area contributed by atoms with E-state index in [1.165, 1.54) is 12.1 Å². The molecular formula is C56H75N12O7+. The fraction of sp³-hybridized carbons (Fsp3) is 0.464. The molecule has 2 aromatic heterocycles. The number of aromatic hydroxyl groups is 4. The van der Waals surface area contributed by atoms with Crippen molar-refractivity contribution in [3.8, 4) is 57.1 Å². The highest BCUT2D eigenvalue weighted by atomic mass is 16.5. The molecule has 4 aromatic carbocycles. The lowest BCUT2D eigenvalue weighted by atomic mass is 9.98. The third-order valence-electron chi connectivity index (χ3n) is 14.3. The summed E-state index contributed by atoms with van der Waals surface area (Å²) >= 11 is 0. The van der Waals surface area contributed by atoms with Gasteiger partial charge in [-0.2, -0.15) is 4.57 Å². The summed E-state index contributed by atoms with van der Waals surface area (Å²) < 4.78 is 11.5. The van der Waals surface area contributed by atoms with Crippen LogP contribution in [0.5, 0.6) is 23.0 Å². The maximum absolute atomic E-state index is 14.5. The van der Waals surface area contributed by atoms with Gasteiger partial charge in [-0.3, -0.25) is 24.0 Å². The number of phenols is 4. The lowest BCUT2D eigenvalue weighted by molar-refractivity contribution is -0.587. The van der Waals surface area contributed by atoms with Crippen LogP contribution < -0.4 is 15.2 Å². The normalized spacial score (nSPS) is 15.9. The number of carbonyl (C=O) groups excluding carboxylic acids is 2. The summed E-state index contributed by atoms with van der Waals surface area (Å²) in [6.07, 6.45) is 0.0287. The van der Waals surface area contributed by atoms with Crippen LogP contribution in [0, 0.1) is 0 Å². The summed E-state index contributed by atoms with van der Waals surface area (Å²) in [7, 11) is 2.14. The van der Waals surface area contributed by atoms with Crippen molar-refractivity contribution in [1.82, 2.24) is 54.8 Å². The Morgan fingerprint density at radius 2 is 1.33 bits per heavy atom. The van der Waals surface area contributed by atoms with Gasteiger partial charge in [0.1, 0.15) is 28.7 Å². The van der Waals surface area contributed by atoms with Gasteiger partial charge in [-0.05, 0) is 111 Å². The molecule has 75 heavy (non-hydrogen) atoms. The van der Waals surface area contributed by atoms with Gasteiger partial charge in [0.05, 0.1) is 29.4 Å². The third-order valence-corrected chi connectivity index (χ3v) is 14.3. The number of amides is 2. The number of ether oxygens (including phenoxy) is 1. The van der Waals surface area contributed by atoms with Gasteiger partial charge < -0.3 is 45.6 Å². The van der Waals surface area contributed by atoms with Crippen molar-refractivity contribution in [2.45, 2.75) is 86.0 Å². The lowest BCUT2D eigenvalue weighted by Crippen LogP contribution is -2.46. The van der Waals surface area contributed by atoms with Gasteiger partial charge in [0.15, 0.2) is 5.82 Å². The number of rotatable bonds is 20. The molecule has 0 saturated carbocycles. The second kappa shape index (κ2) is 24.2. The van der Waals surface area contributed by atoms with Crippen LogP contribution in [-0.4, -0.2) is 162 Å². The average molecular weight is 1030 g/mol. The highest BCUT2D eigenvalue weighted by Crippen LogP contribution is 2.39. The second-order valence-corrected chi connectivity index (χ2v) is 20.2. The van der Waals surface area contributed by atoms with Crippen molar-refractivity contribution in [2.75, 3.05) is 85.6 Å². The van der Waals surface area contributed by atoms with Crippen molar-refractivity contribution in [3.05, 3.63) is 107 Å². The first-order chi connectivity index (χ1) is 36.1. The molecule has 0 bridgehead atoms. The van der Waals surface area contributed by atoms with Gasteiger partial charge >= 0.3 is 17.6 Å². The molecule has 4 heterocycles. The van der Waals surface area contributed by atoms with Gasteiger partial charge in [0.2, 0.25) is 12.1 Å². The van der Waals surface area contributed by atoms with Crippen LogP contribution >= 0.6 is 0 Å². The van der Waals surface area contributed by atoms with E-state index in [1.807, 2.05) is 71.0 Å². The number of piperazine rings is 1. The van der Waals surface area contributed by atoms with Crippen LogP contribution in [0.2, 0.25) is 0 Å². The summed E-state index contributed by atoms with van der Waals surface area (Å²) in [5.41, 5.74) is 5.26. The Hall–Kier alpha value is -6.90. The maximum atomic E-state index is 14.5. The molecule has 2 aliphatic rings. The van der Waals surface area contributed by atoms with E-state index in [4.69, 9.17) is 9.84 Å². The number of likely N-dealkylation sites (N-methyl/N-ethyl adjacent to an activating group) is 1. The molecule has 2 saturated heterocycles. The Labute approximate surface area is 440 Å². The minimum absolute atomic E-state index is 0.0319. The van der Waals surface area contributed by atoms with Crippen LogP contribution in [0.1, 0.15) is 116 Å². The average Bonchev–Trinajstić information content (AvgIpc) is 4.01. The molecule has 6 N–H and O–H groups in total. The van der Waals surface area contributed by atoms with Gasteiger partial charge in [-0.15, -0.1) is 10.2 Å². The van der Waals surface area contributed by atoms with E-state index in [1.54, 1.807) is 25.9 Å². The van der Waals surface area contributed by atoms with Gasteiger partial charge in [-0.25, -0.2) is 0 Å². The summed E-state index contributed by atoms with van der Waals surface area (Å²) in [6.45, 7) is 23.9. The molecule has 2 aliphatic heterocycles. The van der Waals surface area contributed by atoms with Crippen molar-refractivity contribution in [2.24, 2.45) is 0 Å². The number of hydrogen-bond donors (Lipinski definition) is 6. The van der Waals surface area contributed by atoms with Crippen LogP contribution in [0.25, 0.3) is 34.2 Å². The first-order valence-corrected chi connectivity index (χ1v) is 26.4. The first-order valence-electron chi connectivity index (χ1n) is 26.4. The highest BCUT2D eigenvalue weighted by Gasteiger charge is 2.40. The van der Waals surface area contributed by atoms with Gasteiger partial charge in [0, 0.05) is 76.7 Å². The predicted octanol–water partition coefficient (Wildman–Crippen LogP) is 6.13. The van der Waals surface area contributed by atoms with E-state index in [-0.39, 0.29) is 58.2 Å². The molecule has 2 amide bonds. The molecule has 0 spiro atoms. The maximum Gasteiger partial charge on any atom is 0.334 e. The van der Waals surface area contributed by atoms with E-state index in [9.17, 15) is 30.0 Å². The second-order valence-electron chi connectivity index (χ2n) is 20.2. The summed E-state index contributed by atoms with van der Waals surface area (Å²) in [5, 5.41) is 64.3. The van der Waals surface area contributed by atoms with Crippen LogP contribution in [-0.2, 0) is 17.8 Å². The Kier molecular flexibility index (Phi) is 17.5. The van der Waals surface area contributed by atoms with Gasteiger partial charge in [-0.1, -0.05) is 70.5 Å². The first kappa shape index (κ1) is 54.4. The fourth-order valence-electron chi connectivity index (χ4n) is 9.90. The monoisotopic (exact) mass is 1030 g/mol. The molecule has 2 fully saturated rings. The zero-order chi connectivity index (χ0) is 53.5. The molecule has 400 valence electrons. The number of nitrogens with zero attached hydrogens (tertiary/aromatic N) is 10. The van der Waals surface area contributed by atoms with Crippen molar-refractivity contribution >= 4 is 11.8 Å². The standard InChI is InChI=1S/C56H74N12O7/c1-9-57-55(74)56-67(41-19-15-38(16-20-41)33-64-25-23-62(8)24-26-64)52(45-30-43(37(6)7)47(70)32-49(45)72)61-68(56)50-35-65(27-28-75-50)34-39-13-17-40(18-14-39)66-51(44-29-42(36(4)5)46(69)31-48(44)71)59-60-53(66)54(73)58-21-12-22-63(10-2)11-3/h13-20,29-32,36-37,50H,9-12,21-28,33-35H2,1-8H3,(H5-,57,58,59,61,69,70,71,72,73,74)/p+1. The minimum atomic E-state index is -0.725. The Bertz CT molecular complexity index is 2920. The molecule has 19 heteroatoms. The quantitative estimate of drug-likeness (QED) is 0.0375. The van der Waals surface area contributed by atoms with E-state index in [0.717, 1.165) is 69.9 Å². The SMILES string of the molecule is CCNC(=O)c1n(C2CN(Cc3ccc(-n4c(C(=O)NCCCN(CC)CC)nnc4-c4cc(C(C)C)c(O)cc4O)cc3)CCO2)nc(-c2cc(C(C)C)c(O)cc2O)[n+]1-c1ccc(CN2CCN(C)CC2)cc1. The molecule has 0 aliphatic carbocycles. The Morgan fingerprint density at radius 3 is 1.95 bits per heavy atom. The largest absolute Gasteiger partial charge is 0.508 e. The van der Waals surface area contributed by atoms with Gasteiger partial charge in [0.25, 0.3) is 5.91 Å². The predicted molar refractivity (Wildman–Crippen MR) is 287 cm³/mol. The topological polar surface area (TPSA) is 214 Å². The summed E-state index contributed by atoms with van der Waals surface area (Å²) in [5.74, 6) is -0.569. The zero-order valence-electron chi connectivity index (χ0n) is 44.8. The fourth-order valence-corrected chi connectivity index (χ4v) is 9.90. The number of aromatic nitrogens is 6. The molecule has 6 aromatic rings. The molecule has 19 nitrogen and oxygen atoms in total. The van der Waals surface area contributed by atoms with E-state index in [0.29, 0.717) is 78.8 Å². The summed E-state index contributed by atoms with van der Waals surface area (Å²) in [6, 6.07) is 21.9. The van der Waals surface area contributed by atoms with Crippen LogP contribution in [0.15, 0.2) is 72.8 Å². The Balaban J connectivity index is 1.11. The Morgan fingerprint density at radius 1 is 0.733 bits per heavy atom. The molecule has 8 rings (SSSR count).